The lowest BCUT2D eigenvalue weighted by atomic mass is 9.95. The van der Waals surface area contributed by atoms with Crippen LogP contribution in [0.4, 0.5) is 9.59 Å². The van der Waals surface area contributed by atoms with E-state index in [1.165, 1.54) is 26.4 Å². The molecule has 2 fully saturated rings. The molecule has 0 bridgehead atoms. The molecule has 1 saturated heterocycles. The molecule has 0 aromatic rings. The number of piperidine rings is 1. The van der Waals surface area contributed by atoms with Gasteiger partial charge in [0.15, 0.2) is 0 Å². The molecule has 0 aromatic carbocycles. The quantitative estimate of drug-likeness (QED) is 0.850. The van der Waals surface area contributed by atoms with Crippen molar-refractivity contribution in [3.8, 4) is 0 Å². The maximum Gasteiger partial charge on any atom is 0.409 e. The van der Waals surface area contributed by atoms with E-state index in [0.29, 0.717) is 19.1 Å². The second-order valence-corrected chi connectivity index (χ2v) is 6.11. The number of nitrogens with zero attached hydrogens (tertiary/aromatic N) is 2. The van der Waals surface area contributed by atoms with Crippen LogP contribution in [0.1, 0.15) is 44.9 Å². The Morgan fingerprint density at radius 2 is 1.86 bits per heavy atom. The number of ether oxygens (including phenoxy) is 1. The predicted molar refractivity (Wildman–Crippen MR) is 80.2 cm³/mol. The Kier molecular flexibility index (Phi) is 5.70. The Morgan fingerprint density at radius 1 is 1.14 bits per heavy atom. The first-order valence-electron chi connectivity index (χ1n) is 7.98. The molecule has 1 saturated carbocycles. The minimum absolute atomic E-state index is 0.0152. The second-order valence-electron chi connectivity index (χ2n) is 6.11. The summed E-state index contributed by atoms with van der Waals surface area (Å²) in [5, 5.41) is 3.06. The van der Waals surface area contributed by atoms with Crippen molar-refractivity contribution in [3.05, 3.63) is 0 Å². The van der Waals surface area contributed by atoms with Gasteiger partial charge in [0.2, 0.25) is 0 Å². The summed E-state index contributed by atoms with van der Waals surface area (Å²) in [6.45, 7) is 1.24. The third-order valence-electron chi connectivity index (χ3n) is 4.62. The Balaban J connectivity index is 1.82. The molecule has 6 nitrogen and oxygen atoms in total. The summed E-state index contributed by atoms with van der Waals surface area (Å²) < 4.78 is 4.75. The molecule has 0 spiro atoms. The lowest BCUT2D eigenvalue weighted by Gasteiger charge is -2.35. The number of urea groups is 1. The highest BCUT2D eigenvalue weighted by molar-refractivity contribution is 5.75. The first-order chi connectivity index (χ1) is 10.1. The van der Waals surface area contributed by atoms with Gasteiger partial charge in [-0.2, -0.15) is 0 Å². The van der Waals surface area contributed by atoms with Crippen molar-refractivity contribution in [2.45, 2.75) is 57.0 Å². The molecule has 6 heteroatoms. The molecule has 1 N–H and O–H groups in total. The zero-order chi connectivity index (χ0) is 15.2. The average molecular weight is 297 g/mol. The molecule has 2 rings (SSSR count). The van der Waals surface area contributed by atoms with Crippen molar-refractivity contribution in [1.82, 2.24) is 15.1 Å². The van der Waals surface area contributed by atoms with Crippen LogP contribution in [0, 0.1) is 0 Å². The van der Waals surface area contributed by atoms with Crippen molar-refractivity contribution in [3.63, 3.8) is 0 Å². The third-order valence-corrected chi connectivity index (χ3v) is 4.62. The maximum atomic E-state index is 12.3. The molecular formula is C15H27N3O3. The van der Waals surface area contributed by atoms with Crippen molar-refractivity contribution < 1.29 is 14.3 Å². The molecule has 21 heavy (non-hydrogen) atoms. The monoisotopic (exact) mass is 297 g/mol. The molecular weight excluding hydrogens is 270 g/mol. The lowest BCUT2D eigenvalue weighted by molar-refractivity contribution is 0.105. The molecule has 0 aromatic heterocycles. The fourth-order valence-electron chi connectivity index (χ4n) is 3.30. The van der Waals surface area contributed by atoms with E-state index in [-0.39, 0.29) is 18.2 Å². The van der Waals surface area contributed by atoms with Crippen molar-refractivity contribution in [1.29, 1.82) is 0 Å². The van der Waals surface area contributed by atoms with Gasteiger partial charge < -0.3 is 19.9 Å². The van der Waals surface area contributed by atoms with Crippen LogP contribution in [0.5, 0.6) is 0 Å². The van der Waals surface area contributed by atoms with Crippen LogP contribution >= 0.6 is 0 Å². The molecule has 1 atom stereocenters. The number of methoxy groups -OCH3 is 1. The summed E-state index contributed by atoms with van der Waals surface area (Å²) in [5.74, 6) is 0. The smallest absolute Gasteiger partial charge is 0.409 e. The average Bonchev–Trinajstić information content (AvgIpc) is 2.54. The van der Waals surface area contributed by atoms with Gasteiger partial charge in [0, 0.05) is 32.2 Å². The molecule has 1 aliphatic carbocycles. The number of nitrogens with one attached hydrogen (secondary N) is 1. The van der Waals surface area contributed by atoms with Crippen LogP contribution < -0.4 is 5.32 Å². The van der Waals surface area contributed by atoms with Crippen molar-refractivity contribution >= 4 is 12.1 Å². The number of likely N-dealkylation sites (tertiary alicyclic amines) is 1. The number of amides is 3. The van der Waals surface area contributed by atoms with Gasteiger partial charge in [0.05, 0.1) is 7.11 Å². The molecule has 0 radical (unpaired) electrons. The van der Waals surface area contributed by atoms with E-state index in [1.54, 1.807) is 4.90 Å². The number of carbonyl (C=O) groups is 2. The Bertz CT molecular complexity index is 369. The van der Waals surface area contributed by atoms with Crippen LogP contribution in [0.2, 0.25) is 0 Å². The fraction of sp³-hybridized carbons (Fsp3) is 0.867. The summed E-state index contributed by atoms with van der Waals surface area (Å²) in [5.41, 5.74) is 0. The number of hydrogen-bond donors (Lipinski definition) is 1. The highest BCUT2D eigenvalue weighted by Crippen LogP contribution is 2.22. The third kappa shape index (κ3) is 4.25. The van der Waals surface area contributed by atoms with E-state index in [4.69, 9.17) is 4.74 Å². The summed E-state index contributed by atoms with van der Waals surface area (Å²) in [6.07, 6.45) is 7.40. The van der Waals surface area contributed by atoms with Crippen LogP contribution in [0.25, 0.3) is 0 Å². The van der Waals surface area contributed by atoms with Crippen molar-refractivity contribution in [2.75, 3.05) is 27.2 Å². The molecule has 2 aliphatic rings. The number of rotatable bonds is 2. The zero-order valence-corrected chi connectivity index (χ0v) is 13.1. The molecule has 3 amide bonds. The maximum absolute atomic E-state index is 12.3. The SMILES string of the molecule is COC(=O)N1CCCC(NC(=O)N(C)C2CCCCC2)C1. The van der Waals surface area contributed by atoms with Gasteiger partial charge in [-0.1, -0.05) is 19.3 Å². The summed E-state index contributed by atoms with van der Waals surface area (Å²) >= 11 is 0. The molecule has 1 heterocycles. The Hall–Kier alpha value is -1.46. The zero-order valence-electron chi connectivity index (χ0n) is 13.1. The highest BCUT2D eigenvalue weighted by atomic mass is 16.5. The van der Waals surface area contributed by atoms with Gasteiger partial charge in [-0.25, -0.2) is 9.59 Å². The summed E-state index contributed by atoms with van der Waals surface area (Å²) in [4.78, 5) is 27.4. The normalized spacial score (nSPS) is 23.5. The minimum atomic E-state index is -0.311. The van der Waals surface area contributed by atoms with Gasteiger partial charge >= 0.3 is 12.1 Å². The van der Waals surface area contributed by atoms with Gasteiger partial charge in [-0.15, -0.1) is 0 Å². The van der Waals surface area contributed by atoms with E-state index >= 15 is 0 Å². The predicted octanol–water partition coefficient (Wildman–Crippen LogP) is 2.19. The first kappa shape index (κ1) is 15.9. The van der Waals surface area contributed by atoms with Gasteiger partial charge in [0.25, 0.3) is 0 Å². The van der Waals surface area contributed by atoms with Crippen LogP contribution in [-0.2, 0) is 4.74 Å². The van der Waals surface area contributed by atoms with Gasteiger partial charge in [-0.05, 0) is 25.7 Å². The Labute approximate surface area is 126 Å². The van der Waals surface area contributed by atoms with Gasteiger partial charge in [-0.3, -0.25) is 0 Å². The molecule has 120 valence electrons. The van der Waals surface area contributed by atoms with Crippen LogP contribution in [0.15, 0.2) is 0 Å². The van der Waals surface area contributed by atoms with E-state index in [2.05, 4.69) is 5.32 Å². The largest absolute Gasteiger partial charge is 0.453 e. The van der Waals surface area contributed by atoms with Crippen LogP contribution in [-0.4, -0.2) is 61.3 Å². The highest BCUT2D eigenvalue weighted by Gasteiger charge is 2.28. The number of carbonyl (C=O) groups excluding carboxylic acids is 2. The first-order valence-corrected chi connectivity index (χ1v) is 7.98. The minimum Gasteiger partial charge on any atom is -0.453 e. The van der Waals surface area contributed by atoms with E-state index in [0.717, 1.165) is 25.7 Å². The topological polar surface area (TPSA) is 61.9 Å². The lowest BCUT2D eigenvalue weighted by Crippen LogP contribution is -2.53. The standard InChI is InChI=1S/C15H27N3O3/c1-17(13-8-4-3-5-9-13)14(19)16-12-7-6-10-18(11-12)15(20)21-2/h12-13H,3-11H2,1-2H3,(H,16,19). The van der Waals surface area contributed by atoms with Crippen LogP contribution in [0.3, 0.4) is 0 Å². The summed E-state index contributed by atoms with van der Waals surface area (Å²) in [6, 6.07) is 0.369. The second kappa shape index (κ2) is 7.52. The van der Waals surface area contributed by atoms with Crippen molar-refractivity contribution in [2.24, 2.45) is 0 Å². The van der Waals surface area contributed by atoms with Gasteiger partial charge in [0.1, 0.15) is 0 Å². The summed E-state index contributed by atoms with van der Waals surface area (Å²) in [7, 11) is 3.27. The molecule has 1 unspecified atom stereocenters. The molecule has 1 aliphatic heterocycles. The van der Waals surface area contributed by atoms with E-state index in [9.17, 15) is 9.59 Å². The van der Waals surface area contributed by atoms with E-state index in [1.807, 2.05) is 11.9 Å². The van der Waals surface area contributed by atoms with E-state index < -0.39 is 0 Å². The fourth-order valence-corrected chi connectivity index (χ4v) is 3.30. The Morgan fingerprint density at radius 3 is 2.52 bits per heavy atom. The number of hydrogen-bond acceptors (Lipinski definition) is 3.